The van der Waals surface area contributed by atoms with Gasteiger partial charge in [-0.15, -0.1) is 0 Å². The first-order valence-corrected chi connectivity index (χ1v) is 9.48. The Morgan fingerprint density at radius 2 is 1.70 bits per heavy atom. The lowest BCUT2D eigenvalue weighted by atomic mass is 10.0. The van der Waals surface area contributed by atoms with Gasteiger partial charge in [-0.3, -0.25) is 4.79 Å². The fourth-order valence-electron chi connectivity index (χ4n) is 2.31. The zero-order valence-electron chi connectivity index (χ0n) is 13.7. The smallest absolute Gasteiger partial charge is 0.370 e. The maximum atomic E-state index is 13.6. The largest absolute Gasteiger partial charge is 0.417 e. The molecule has 0 aliphatic heterocycles. The summed E-state index contributed by atoms with van der Waals surface area (Å²) >= 11 is 3.03. The maximum Gasteiger partial charge on any atom is 0.417 e. The molecule has 0 radical (unpaired) electrons. The fourth-order valence-corrected chi connectivity index (χ4v) is 4.85. The number of guanidine groups is 1. The summed E-state index contributed by atoms with van der Waals surface area (Å²) in [4.78, 5) is 13.9. The van der Waals surface area contributed by atoms with E-state index in [0.717, 1.165) is 6.07 Å². The molecule has 0 aliphatic rings. The van der Waals surface area contributed by atoms with Crippen molar-refractivity contribution >= 4 is 37.6 Å². The second kappa shape index (κ2) is 7.31. The Bertz CT molecular complexity index is 1050. The number of nitrogens with zero attached hydrogens (tertiary/aromatic N) is 1. The number of aliphatic imine (C=N–C) groups is 1. The zero-order chi connectivity index (χ0) is 20.6. The van der Waals surface area contributed by atoms with Crippen LogP contribution in [0.2, 0.25) is 0 Å². The van der Waals surface area contributed by atoms with Crippen molar-refractivity contribution in [2.24, 2.45) is 16.5 Å². The van der Waals surface area contributed by atoms with Gasteiger partial charge in [0, 0.05) is 10.0 Å². The molecule has 2 rings (SSSR count). The van der Waals surface area contributed by atoms with Gasteiger partial charge in [0.2, 0.25) is 9.84 Å². The summed E-state index contributed by atoms with van der Waals surface area (Å²) in [7, 11) is -4.53. The van der Waals surface area contributed by atoms with E-state index < -0.39 is 43.9 Å². The SMILES string of the molecule is Cc1cc(S(=O)(=O)c2ccccc2Br)c(C(F)(F)F)cc1C(=O)N=C(N)N. The molecule has 0 saturated carbocycles. The first-order chi connectivity index (χ1) is 12.4. The van der Waals surface area contributed by atoms with Gasteiger partial charge in [-0.25, -0.2) is 8.42 Å². The van der Waals surface area contributed by atoms with Crippen molar-refractivity contribution in [2.45, 2.75) is 22.9 Å². The molecule has 27 heavy (non-hydrogen) atoms. The highest BCUT2D eigenvalue weighted by molar-refractivity contribution is 9.10. The highest BCUT2D eigenvalue weighted by Gasteiger charge is 2.39. The second-order valence-electron chi connectivity index (χ2n) is 5.44. The number of amides is 1. The van der Waals surface area contributed by atoms with E-state index in [1.807, 2.05) is 0 Å². The number of benzene rings is 2. The molecule has 144 valence electrons. The van der Waals surface area contributed by atoms with Gasteiger partial charge in [-0.2, -0.15) is 18.2 Å². The molecule has 0 saturated heterocycles. The molecular weight excluding hydrogens is 451 g/mol. The first-order valence-electron chi connectivity index (χ1n) is 7.21. The van der Waals surface area contributed by atoms with Crippen LogP contribution in [0, 0.1) is 6.92 Å². The van der Waals surface area contributed by atoms with Gasteiger partial charge in [-0.05, 0) is 52.7 Å². The maximum absolute atomic E-state index is 13.6. The third kappa shape index (κ3) is 4.30. The molecule has 1 amide bonds. The lowest BCUT2D eigenvalue weighted by molar-refractivity contribution is -0.139. The van der Waals surface area contributed by atoms with Crippen molar-refractivity contribution in [2.75, 3.05) is 0 Å². The molecule has 2 aromatic carbocycles. The Balaban J connectivity index is 2.82. The monoisotopic (exact) mass is 463 g/mol. The van der Waals surface area contributed by atoms with Gasteiger partial charge >= 0.3 is 6.18 Å². The Morgan fingerprint density at radius 1 is 1.11 bits per heavy atom. The highest BCUT2D eigenvalue weighted by atomic mass is 79.9. The van der Waals surface area contributed by atoms with E-state index in [1.165, 1.54) is 31.2 Å². The zero-order valence-corrected chi connectivity index (χ0v) is 16.1. The average Bonchev–Trinajstić information content (AvgIpc) is 2.52. The first kappa shape index (κ1) is 20.9. The molecule has 0 spiro atoms. The van der Waals surface area contributed by atoms with Crippen molar-refractivity contribution in [3.8, 4) is 0 Å². The number of alkyl halides is 3. The van der Waals surface area contributed by atoms with E-state index in [0.29, 0.717) is 6.07 Å². The number of rotatable bonds is 3. The third-order valence-corrected chi connectivity index (χ3v) is 6.31. The minimum absolute atomic E-state index is 0.0244. The predicted octanol–water partition coefficient (Wildman–Crippen LogP) is 3.02. The van der Waals surface area contributed by atoms with Gasteiger partial charge in [-0.1, -0.05) is 12.1 Å². The summed E-state index contributed by atoms with van der Waals surface area (Å²) in [6.45, 7) is 1.29. The number of carbonyl (C=O) groups is 1. The minimum atomic E-state index is -5.04. The predicted molar refractivity (Wildman–Crippen MR) is 95.9 cm³/mol. The summed E-state index contributed by atoms with van der Waals surface area (Å²) < 4.78 is 66.5. The van der Waals surface area contributed by atoms with E-state index in [4.69, 9.17) is 11.5 Å². The number of halogens is 4. The molecule has 0 aromatic heterocycles. The summed E-state index contributed by atoms with van der Waals surface area (Å²) in [5.41, 5.74) is 8.19. The van der Waals surface area contributed by atoms with Crippen LogP contribution in [0.4, 0.5) is 13.2 Å². The van der Waals surface area contributed by atoms with Crippen LogP contribution in [0.15, 0.2) is 55.7 Å². The van der Waals surface area contributed by atoms with Crippen molar-refractivity contribution in [1.29, 1.82) is 0 Å². The standard InChI is InChI=1S/C16H13BrF3N3O3S/c1-8-6-13(27(25,26)12-5-3-2-4-11(12)17)10(16(18,19)20)7-9(8)14(24)23-15(21)22/h2-7H,1H3,(H4,21,22,23,24). The topological polar surface area (TPSA) is 116 Å². The van der Waals surface area contributed by atoms with E-state index >= 15 is 0 Å². The Kier molecular flexibility index (Phi) is 5.66. The number of nitrogens with two attached hydrogens (primary N) is 2. The normalized spacial score (nSPS) is 11.9. The number of carbonyl (C=O) groups excluding carboxylic acids is 1. The van der Waals surface area contributed by atoms with Crippen LogP contribution in [0.5, 0.6) is 0 Å². The van der Waals surface area contributed by atoms with Crippen LogP contribution in [0.3, 0.4) is 0 Å². The van der Waals surface area contributed by atoms with Gasteiger partial charge in [0.25, 0.3) is 5.91 Å². The Hall–Kier alpha value is -2.40. The molecule has 6 nitrogen and oxygen atoms in total. The van der Waals surface area contributed by atoms with Crippen LogP contribution in [-0.4, -0.2) is 20.3 Å². The van der Waals surface area contributed by atoms with Crippen LogP contribution >= 0.6 is 15.9 Å². The Labute approximate surface area is 161 Å². The highest BCUT2D eigenvalue weighted by Crippen LogP contribution is 2.39. The molecule has 11 heteroatoms. The van der Waals surface area contributed by atoms with Crippen LogP contribution in [0.25, 0.3) is 0 Å². The van der Waals surface area contributed by atoms with E-state index in [2.05, 4.69) is 20.9 Å². The lowest BCUT2D eigenvalue weighted by Crippen LogP contribution is -2.24. The van der Waals surface area contributed by atoms with Crippen LogP contribution < -0.4 is 11.5 Å². The number of hydrogen-bond donors (Lipinski definition) is 2. The summed E-state index contributed by atoms with van der Waals surface area (Å²) in [5, 5.41) is 0. The molecule has 0 atom stereocenters. The number of sulfone groups is 1. The Morgan fingerprint density at radius 3 is 2.22 bits per heavy atom. The second-order valence-corrected chi connectivity index (χ2v) is 8.18. The van der Waals surface area contributed by atoms with Crippen molar-refractivity contribution in [3.05, 3.63) is 57.6 Å². The molecule has 0 fully saturated rings. The number of hydrogen-bond acceptors (Lipinski definition) is 3. The van der Waals surface area contributed by atoms with Crippen LogP contribution in [-0.2, 0) is 16.0 Å². The molecule has 0 unspecified atom stereocenters. The van der Waals surface area contributed by atoms with Crippen LogP contribution in [0.1, 0.15) is 21.5 Å². The third-order valence-electron chi connectivity index (χ3n) is 3.51. The van der Waals surface area contributed by atoms with E-state index in [-0.39, 0.29) is 14.9 Å². The van der Waals surface area contributed by atoms with E-state index in [1.54, 1.807) is 0 Å². The molecule has 0 aliphatic carbocycles. The molecule has 2 aromatic rings. The summed E-state index contributed by atoms with van der Waals surface area (Å²) in [5.74, 6) is -1.74. The molecule has 0 heterocycles. The van der Waals surface area contributed by atoms with Crippen molar-refractivity contribution in [1.82, 2.24) is 0 Å². The van der Waals surface area contributed by atoms with Crippen molar-refractivity contribution < 1.29 is 26.4 Å². The average molecular weight is 464 g/mol. The minimum Gasteiger partial charge on any atom is -0.370 e. The molecule has 4 N–H and O–H groups in total. The fraction of sp³-hybridized carbons (Fsp3) is 0.125. The quantitative estimate of drug-likeness (QED) is 0.535. The molecular formula is C16H13BrF3N3O3S. The summed E-state index contributed by atoms with van der Waals surface area (Å²) in [6.07, 6.45) is -5.04. The van der Waals surface area contributed by atoms with Gasteiger partial charge in [0.1, 0.15) is 0 Å². The summed E-state index contributed by atoms with van der Waals surface area (Å²) in [6, 6.07) is 6.70. The van der Waals surface area contributed by atoms with Crippen molar-refractivity contribution in [3.63, 3.8) is 0 Å². The molecule has 0 bridgehead atoms. The van der Waals surface area contributed by atoms with E-state index in [9.17, 15) is 26.4 Å². The van der Waals surface area contributed by atoms with Gasteiger partial charge in [0.15, 0.2) is 5.96 Å². The lowest BCUT2D eigenvalue weighted by Gasteiger charge is -2.16. The van der Waals surface area contributed by atoms with Gasteiger partial charge in [0.05, 0.1) is 15.4 Å². The van der Waals surface area contributed by atoms with Gasteiger partial charge < -0.3 is 11.5 Å². The number of aryl methyl sites for hydroxylation is 1.